The molecule has 0 spiro atoms. The van der Waals surface area contributed by atoms with Crippen LogP contribution in [0.2, 0.25) is 0 Å². The number of carbonyl (C=O) groups is 2. The average molecular weight is 433 g/mol. The molecule has 1 aliphatic rings. The van der Waals surface area contributed by atoms with Crippen molar-refractivity contribution in [2.75, 3.05) is 14.2 Å². The number of hydrogen-bond donors (Lipinski definition) is 0. The van der Waals surface area contributed by atoms with Crippen LogP contribution in [0.3, 0.4) is 0 Å². The van der Waals surface area contributed by atoms with Crippen molar-refractivity contribution >= 4 is 11.7 Å². The van der Waals surface area contributed by atoms with Crippen LogP contribution in [0.25, 0.3) is 5.82 Å². The molecular weight excluding hydrogens is 404 g/mol. The molecule has 0 unspecified atom stereocenters. The fraction of sp³-hybridized carbons (Fsp3) is 0.360. The third-order valence-corrected chi connectivity index (χ3v) is 5.86. The number of aryl methyl sites for hydroxylation is 1. The predicted molar refractivity (Wildman–Crippen MR) is 121 cm³/mol. The van der Waals surface area contributed by atoms with Gasteiger partial charge in [-0.2, -0.15) is 5.10 Å². The molecular formula is C25H28N4O3. The molecule has 0 radical (unpaired) electrons. The number of aromatic nitrogens is 3. The number of Topliss-reactive ketones (excluding diaryl/α,β-unsaturated/α-hetero) is 1. The first-order valence-corrected chi connectivity index (χ1v) is 10.6. The van der Waals surface area contributed by atoms with E-state index in [4.69, 9.17) is 4.74 Å². The highest BCUT2D eigenvalue weighted by Crippen LogP contribution is 2.36. The van der Waals surface area contributed by atoms with Crippen LogP contribution in [0.4, 0.5) is 0 Å². The molecule has 2 aromatic heterocycles. The highest BCUT2D eigenvalue weighted by molar-refractivity contribution is 6.00. The summed E-state index contributed by atoms with van der Waals surface area (Å²) >= 11 is 0. The zero-order valence-corrected chi connectivity index (χ0v) is 19.2. The van der Waals surface area contributed by atoms with Crippen LogP contribution in [0.15, 0.2) is 42.6 Å². The average Bonchev–Trinajstić information content (AvgIpc) is 3.09. The van der Waals surface area contributed by atoms with Gasteiger partial charge in [-0.25, -0.2) is 9.67 Å². The van der Waals surface area contributed by atoms with Gasteiger partial charge in [0.1, 0.15) is 5.75 Å². The summed E-state index contributed by atoms with van der Waals surface area (Å²) in [6, 6.07) is 11.2. The Balaban J connectivity index is 1.54. The molecule has 1 amide bonds. The van der Waals surface area contributed by atoms with E-state index in [0.29, 0.717) is 29.9 Å². The number of hydrogen-bond acceptors (Lipinski definition) is 5. The van der Waals surface area contributed by atoms with Crippen LogP contribution >= 0.6 is 0 Å². The van der Waals surface area contributed by atoms with E-state index in [-0.39, 0.29) is 17.1 Å². The lowest BCUT2D eigenvalue weighted by molar-refractivity contribution is 0.0784. The minimum Gasteiger partial charge on any atom is -0.497 e. The molecule has 4 rings (SSSR count). The lowest BCUT2D eigenvalue weighted by Crippen LogP contribution is -2.28. The summed E-state index contributed by atoms with van der Waals surface area (Å²) in [5, 5.41) is 4.59. The van der Waals surface area contributed by atoms with Crippen LogP contribution in [0, 0.1) is 12.3 Å². The highest BCUT2D eigenvalue weighted by Gasteiger charge is 2.35. The van der Waals surface area contributed by atoms with Gasteiger partial charge in [0.15, 0.2) is 11.6 Å². The maximum atomic E-state index is 12.9. The first kappa shape index (κ1) is 21.7. The van der Waals surface area contributed by atoms with Crippen LogP contribution in [0.1, 0.15) is 57.9 Å². The molecule has 7 heteroatoms. The van der Waals surface area contributed by atoms with Crippen molar-refractivity contribution in [3.63, 3.8) is 0 Å². The maximum Gasteiger partial charge on any atom is 0.255 e. The molecule has 0 atom stereocenters. The summed E-state index contributed by atoms with van der Waals surface area (Å²) in [5.41, 5.74) is 3.73. The van der Waals surface area contributed by atoms with Crippen molar-refractivity contribution < 1.29 is 14.3 Å². The Morgan fingerprint density at radius 3 is 2.50 bits per heavy atom. The smallest absolute Gasteiger partial charge is 0.255 e. The standard InChI is InChI=1S/C25H28N4O3/c1-16-23-20(12-25(2,3)13-21(23)30)29(27-16)22-11-8-18(14-26-22)24(31)28(4)15-17-6-9-19(32-5)10-7-17/h6-11,14H,12-13,15H2,1-5H3. The molecule has 0 fully saturated rings. The Labute approximate surface area is 188 Å². The lowest BCUT2D eigenvalue weighted by atomic mass is 9.75. The van der Waals surface area contributed by atoms with Crippen molar-refractivity contribution in [2.45, 2.75) is 40.2 Å². The SMILES string of the molecule is COc1ccc(CN(C)C(=O)c2ccc(-n3nc(C)c4c3CC(C)(C)CC4=O)nc2)cc1. The summed E-state index contributed by atoms with van der Waals surface area (Å²) < 4.78 is 6.93. The molecule has 1 aromatic carbocycles. The highest BCUT2D eigenvalue weighted by atomic mass is 16.5. The number of rotatable bonds is 5. The van der Waals surface area contributed by atoms with Crippen molar-refractivity contribution in [3.8, 4) is 11.6 Å². The molecule has 0 saturated heterocycles. The first-order chi connectivity index (χ1) is 15.2. The van der Waals surface area contributed by atoms with Gasteiger partial charge < -0.3 is 9.64 Å². The van der Waals surface area contributed by atoms with E-state index >= 15 is 0 Å². The quantitative estimate of drug-likeness (QED) is 0.609. The fourth-order valence-corrected chi connectivity index (χ4v) is 4.26. The van der Waals surface area contributed by atoms with Crippen molar-refractivity contribution in [3.05, 3.63) is 70.7 Å². The van der Waals surface area contributed by atoms with Gasteiger partial charge in [-0.05, 0) is 48.6 Å². The molecule has 2 heterocycles. The molecule has 3 aromatic rings. The summed E-state index contributed by atoms with van der Waals surface area (Å²) in [7, 11) is 3.39. The van der Waals surface area contributed by atoms with Gasteiger partial charge in [0.05, 0.1) is 29.6 Å². The van der Waals surface area contributed by atoms with Gasteiger partial charge in [0, 0.05) is 26.2 Å². The Hall–Kier alpha value is -3.48. The van der Waals surface area contributed by atoms with Gasteiger partial charge in [-0.15, -0.1) is 0 Å². The Morgan fingerprint density at radius 2 is 1.88 bits per heavy atom. The van der Waals surface area contributed by atoms with E-state index < -0.39 is 0 Å². The van der Waals surface area contributed by atoms with E-state index in [0.717, 1.165) is 29.1 Å². The number of fused-ring (bicyclic) bond motifs is 1. The van der Waals surface area contributed by atoms with Gasteiger partial charge >= 0.3 is 0 Å². The van der Waals surface area contributed by atoms with E-state index in [9.17, 15) is 9.59 Å². The molecule has 0 bridgehead atoms. The summed E-state index contributed by atoms with van der Waals surface area (Å²) in [5.74, 6) is 1.40. The normalized spacial score (nSPS) is 14.7. The number of benzene rings is 1. The fourth-order valence-electron chi connectivity index (χ4n) is 4.26. The van der Waals surface area contributed by atoms with Crippen molar-refractivity contribution in [1.82, 2.24) is 19.7 Å². The number of carbonyl (C=O) groups excluding carboxylic acids is 2. The zero-order chi connectivity index (χ0) is 23.0. The Bertz CT molecular complexity index is 1160. The van der Waals surface area contributed by atoms with Gasteiger partial charge in [-0.1, -0.05) is 26.0 Å². The zero-order valence-electron chi connectivity index (χ0n) is 19.2. The largest absolute Gasteiger partial charge is 0.497 e. The lowest BCUT2D eigenvalue weighted by Gasteiger charge is -2.29. The number of pyridine rings is 1. The second-order valence-electron chi connectivity index (χ2n) is 9.17. The second-order valence-corrected chi connectivity index (χ2v) is 9.17. The molecule has 7 nitrogen and oxygen atoms in total. The summed E-state index contributed by atoms with van der Waals surface area (Å²) in [6.45, 7) is 6.52. The third kappa shape index (κ3) is 4.15. The van der Waals surface area contributed by atoms with E-state index in [1.807, 2.05) is 31.2 Å². The van der Waals surface area contributed by atoms with Crippen LogP contribution in [0.5, 0.6) is 5.75 Å². The van der Waals surface area contributed by atoms with Gasteiger partial charge in [-0.3, -0.25) is 9.59 Å². The molecule has 0 aliphatic heterocycles. The third-order valence-electron chi connectivity index (χ3n) is 5.86. The van der Waals surface area contributed by atoms with Crippen LogP contribution in [-0.2, 0) is 13.0 Å². The van der Waals surface area contributed by atoms with E-state index in [1.54, 1.807) is 42.1 Å². The monoisotopic (exact) mass is 432 g/mol. The molecule has 0 saturated carbocycles. The van der Waals surface area contributed by atoms with E-state index in [2.05, 4.69) is 23.9 Å². The second kappa shape index (κ2) is 8.22. The first-order valence-electron chi connectivity index (χ1n) is 10.6. The number of amides is 1. The maximum absolute atomic E-state index is 12.9. The Kier molecular flexibility index (Phi) is 5.59. The summed E-state index contributed by atoms with van der Waals surface area (Å²) in [6.07, 6.45) is 2.84. The van der Waals surface area contributed by atoms with Crippen molar-refractivity contribution in [1.29, 1.82) is 0 Å². The number of nitrogens with zero attached hydrogens (tertiary/aromatic N) is 4. The van der Waals surface area contributed by atoms with E-state index in [1.165, 1.54) is 0 Å². The number of methoxy groups -OCH3 is 1. The van der Waals surface area contributed by atoms with Crippen LogP contribution in [-0.4, -0.2) is 45.5 Å². The Morgan fingerprint density at radius 1 is 1.16 bits per heavy atom. The predicted octanol–water partition coefficient (Wildman–Crippen LogP) is 4.01. The number of ketones is 1. The van der Waals surface area contributed by atoms with Crippen LogP contribution < -0.4 is 4.74 Å². The summed E-state index contributed by atoms with van der Waals surface area (Å²) in [4.78, 5) is 31.7. The molecule has 0 N–H and O–H groups in total. The molecule has 1 aliphatic carbocycles. The molecule has 166 valence electrons. The molecule has 32 heavy (non-hydrogen) atoms. The van der Waals surface area contributed by atoms with Gasteiger partial charge in [0.2, 0.25) is 0 Å². The van der Waals surface area contributed by atoms with Gasteiger partial charge in [0.25, 0.3) is 5.91 Å². The number of ether oxygens (including phenoxy) is 1. The minimum atomic E-state index is -0.117. The van der Waals surface area contributed by atoms with Crippen molar-refractivity contribution in [2.24, 2.45) is 5.41 Å². The minimum absolute atomic E-state index is 0.116. The topological polar surface area (TPSA) is 77.3 Å².